The van der Waals surface area contributed by atoms with Crippen LogP contribution in [0.3, 0.4) is 0 Å². The van der Waals surface area contributed by atoms with Crippen molar-refractivity contribution in [3.05, 3.63) is 113 Å². The molecule has 0 amide bonds. The molecule has 3 heterocycles. The van der Waals surface area contributed by atoms with Crippen molar-refractivity contribution >= 4 is 42.5 Å². The molecule has 0 aliphatic carbocycles. The van der Waals surface area contributed by atoms with Gasteiger partial charge in [-0.2, -0.15) is 0 Å². The van der Waals surface area contributed by atoms with Crippen molar-refractivity contribution in [3.63, 3.8) is 0 Å². The van der Waals surface area contributed by atoms with Crippen LogP contribution in [0.1, 0.15) is 36.0 Å². The fraction of sp³-hybridized carbons (Fsp3) is 0.143. The minimum atomic E-state index is -2.47. The number of rotatable bonds is 3. The number of pyridine rings is 1. The number of aryl methyl sites for hydroxylation is 5. The lowest BCUT2D eigenvalue weighted by Crippen LogP contribution is -2.03. The van der Waals surface area contributed by atoms with Crippen LogP contribution >= 0.6 is 11.3 Å². The van der Waals surface area contributed by atoms with Gasteiger partial charge in [0.15, 0.2) is 0 Å². The molecule has 0 aliphatic heterocycles. The fourth-order valence-electron chi connectivity index (χ4n) is 5.89. The van der Waals surface area contributed by atoms with E-state index in [4.69, 9.17) is 13.2 Å². The van der Waals surface area contributed by atoms with Gasteiger partial charge in [0.05, 0.1) is 21.4 Å². The highest BCUT2D eigenvalue weighted by Crippen LogP contribution is 2.44. The molecule has 3 nitrogen and oxygen atoms in total. The summed E-state index contributed by atoms with van der Waals surface area (Å²) in [4.78, 5) is 9.68. The molecule has 0 saturated heterocycles. The van der Waals surface area contributed by atoms with Crippen molar-refractivity contribution in [1.29, 1.82) is 0 Å². The minimum absolute atomic E-state index is 0.0130. The molecule has 4 aromatic carbocycles. The van der Waals surface area contributed by atoms with Crippen molar-refractivity contribution in [2.75, 3.05) is 0 Å². The number of fused-ring (bicyclic) bond motifs is 4. The lowest BCUT2D eigenvalue weighted by molar-refractivity contribution is 1.06. The Morgan fingerprint density at radius 1 is 0.769 bits per heavy atom. The molecular weight excluding hydrogens is 494 g/mol. The van der Waals surface area contributed by atoms with E-state index >= 15 is 0 Å². The first-order valence-electron chi connectivity index (χ1n) is 15.8. The van der Waals surface area contributed by atoms with Crippen LogP contribution in [0, 0.1) is 34.5 Å². The third kappa shape index (κ3) is 3.78. The van der Waals surface area contributed by atoms with E-state index in [2.05, 4.69) is 60.7 Å². The smallest absolute Gasteiger partial charge is 0.147 e. The molecule has 190 valence electrons. The summed E-state index contributed by atoms with van der Waals surface area (Å²) in [6.45, 7) is 1.44. The first kappa shape index (κ1) is 18.1. The van der Waals surface area contributed by atoms with Crippen LogP contribution in [0.4, 0.5) is 0 Å². The standard InChI is InChI=1S/C35H29N3S/c1-20-13-21(2)17-25(16-20)28-18-36-19-31-32(28)26-9-8-10-27(34(26)39-31)35-37-29-11-6-7-12-30(29)38(35)33-23(4)14-22(3)15-24(33)5/h6-19H,1-5H3/i1D3,2D3. The molecular formula is C35H29N3S. The molecule has 0 radical (unpaired) electrons. The summed E-state index contributed by atoms with van der Waals surface area (Å²) in [5.41, 5.74) is 8.67. The van der Waals surface area contributed by atoms with Crippen LogP contribution in [0.5, 0.6) is 0 Å². The predicted molar refractivity (Wildman–Crippen MR) is 166 cm³/mol. The zero-order chi connectivity index (χ0) is 31.8. The Morgan fingerprint density at radius 3 is 2.31 bits per heavy atom. The number of thiophene rings is 1. The molecule has 7 aromatic rings. The predicted octanol–water partition coefficient (Wildman–Crippen LogP) is 9.66. The number of aromatic nitrogens is 3. The van der Waals surface area contributed by atoms with Gasteiger partial charge in [0.2, 0.25) is 0 Å². The quantitative estimate of drug-likeness (QED) is 0.228. The van der Waals surface area contributed by atoms with Crippen LogP contribution in [0.15, 0.2) is 85.2 Å². The highest BCUT2D eigenvalue weighted by atomic mass is 32.1. The molecule has 0 aliphatic rings. The average Bonchev–Trinajstić information content (AvgIpc) is 3.54. The van der Waals surface area contributed by atoms with Gasteiger partial charge >= 0.3 is 0 Å². The Balaban J connectivity index is 1.53. The van der Waals surface area contributed by atoms with E-state index in [-0.39, 0.29) is 11.1 Å². The highest BCUT2D eigenvalue weighted by molar-refractivity contribution is 7.26. The van der Waals surface area contributed by atoms with Crippen LogP contribution in [-0.2, 0) is 0 Å². The molecule has 0 spiro atoms. The van der Waals surface area contributed by atoms with Gasteiger partial charge in [-0.15, -0.1) is 11.3 Å². The molecule has 0 fully saturated rings. The van der Waals surface area contributed by atoms with Gasteiger partial charge in [0.1, 0.15) is 5.82 Å². The van der Waals surface area contributed by atoms with Crippen molar-refractivity contribution in [1.82, 2.24) is 14.5 Å². The Kier molecular flexibility index (Phi) is 4.12. The van der Waals surface area contributed by atoms with Crippen molar-refractivity contribution < 1.29 is 8.22 Å². The monoisotopic (exact) mass is 529 g/mol. The van der Waals surface area contributed by atoms with E-state index in [1.807, 2.05) is 30.5 Å². The number of nitrogens with zero attached hydrogens (tertiary/aromatic N) is 3. The minimum Gasteiger partial charge on any atom is -0.292 e. The van der Waals surface area contributed by atoms with Crippen molar-refractivity contribution in [3.8, 4) is 28.2 Å². The topological polar surface area (TPSA) is 30.7 Å². The maximum Gasteiger partial charge on any atom is 0.147 e. The third-order valence-electron chi connectivity index (χ3n) is 7.31. The van der Waals surface area contributed by atoms with Crippen molar-refractivity contribution in [2.45, 2.75) is 34.5 Å². The Labute approximate surface area is 240 Å². The summed E-state index contributed by atoms with van der Waals surface area (Å²) < 4.78 is 52.3. The summed E-state index contributed by atoms with van der Waals surface area (Å²) in [7, 11) is 0. The van der Waals surface area contributed by atoms with Crippen LogP contribution in [0.2, 0.25) is 0 Å². The number of benzene rings is 4. The molecule has 0 N–H and O–H groups in total. The van der Waals surface area contributed by atoms with Crippen LogP contribution < -0.4 is 0 Å². The van der Waals surface area contributed by atoms with Crippen LogP contribution in [0.25, 0.3) is 59.4 Å². The Morgan fingerprint density at radius 2 is 1.54 bits per heavy atom. The van der Waals surface area contributed by atoms with Gasteiger partial charge in [0, 0.05) is 47.2 Å². The number of hydrogen-bond acceptors (Lipinski definition) is 3. The average molecular weight is 530 g/mol. The zero-order valence-electron chi connectivity index (χ0n) is 27.8. The van der Waals surface area contributed by atoms with E-state index < -0.39 is 13.7 Å². The molecule has 0 bridgehead atoms. The van der Waals surface area contributed by atoms with E-state index in [1.165, 1.54) is 11.6 Å². The molecule has 7 rings (SSSR count). The summed E-state index contributed by atoms with van der Waals surface area (Å²) in [6.07, 6.45) is 3.50. The van der Waals surface area contributed by atoms with E-state index in [0.29, 0.717) is 11.1 Å². The number of hydrogen-bond donors (Lipinski definition) is 0. The first-order chi connectivity index (χ1) is 21.3. The second kappa shape index (κ2) is 8.89. The van der Waals surface area contributed by atoms with Gasteiger partial charge in [0.25, 0.3) is 0 Å². The molecule has 0 atom stereocenters. The molecule has 0 unspecified atom stereocenters. The summed E-state index contributed by atoms with van der Waals surface area (Å²) in [5.74, 6) is 0.826. The largest absolute Gasteiger partial charge is 0.292 e. The second-order valence-corrected chi connectivity index (χ2v) is 11.2. The normalized spacial score (nSPS) is 14.6. The van der Waals surface area contributed by atoms with E-state index in [0.717, 1.165) is 59.4 Å². The lowest BCUT2D eigenvalue weighted by Gasteiger charge is -2.16. The van der Waals surface area contributed by atoms with Crippen LogP contribution in [-0.4, -0.2) is 14.5 Å². The maximum atomic E-state index is 8.03. The highest BCUT2D eigenvalue weighted by Gasteiger charge is 2.21. The number of imidazole rings is 1. The molecule has 3 aromatic heterocycles. The van der Waals surface area contributed by atoms with Gasteiger partial charge in [-0.05, 0) is 69.4 Å². The SMILES string of the molecule is [2H]C([2H])([2H])c1cc(-c2cncc3sc4c(-c5nc6ccccc6n5-c5c(C)cc(C)cc5C)cccc4c23)cc(C([2H])([2H])[2H])c1. The molecule has 39 heavy (non-hydrogen) atoms. The van der Waals surface area contributed by atoms with E-state index in [9.17, 15) is 0 Å². The maximum absolute atomic E-state index is 8.03. The van der Waals surface area contributed by atoms with Gasteiger partial charge in [-0.1, -0.05) is 71.3 Å². The first-order valence-corrected chi connectivity index (χ1v) is 13.6. The van der Waals surface area contributed by atoms with Gasteiger partial charge < -0.3 is 0 Å². The summed E-state index contributed by atoms with van der Waals surface area (Å²) >= 11 is 1.60. The van der Waals surface area contributed by atoms with Gasteiger partial charge in [-0.25, -0.2) is 4.98 Å². The Bertz CT molecular complexity index is 2240. The molecule has 4 heteroatoms. The third-order valence-corrected chi connectivity index (χ3v) is 8.49. The van der Waals surface area contributed by atoms with Gasteiger partial charge in [-0.3, -0.25) is 9.55 Å². The fourth-order valence-corrected chi connectivity index (χ4v) is 7.09. The Hall–Kier alpha value is -4.28. The van der Waals surface area contributed by atoms with Crippen molar-refractivity contribution in [2.24, 2.45) is 0 Å². The zero-order valence-corrected chi connectivity index (χ0v) is 22.6. The second-order valence-electron chi connectivity index (χ2n) is 10.2. The van der Waals surface area contributed by atoms with E-state index in [1.54, 1.807) is 29.7 Å². The number of para-hydroxylation sites is 2. The summed E-state index contributed by atoms with van der Waals surface area (Å²) in [5, 5.41) is 1.87. The lowest BCUT2D eigenvalue weighted by atomic mass is 9.97. The molecule has 0 saturated carbocycles. The summed E-state index contributed by atoms with van der Waals surface area (Å²) in [6, 6.07) is 23.1.